The van der Waals surface area contributed by atoms with Crippen molar-refractivity contribution in [1.29, 1.82) is 0 Å². The maximum absolute atomic E-state index is 12.0. The average Bonchev–Trinajstić information content (AvgIpc) is 2.55. The Morgan fingerprint density at radius 3 is 2.50 bits per heavy atom. The molecule has 3 nitrogen and oxygen atoms in total. The lowest BCUT2D eigenvalue weighted by Crippen LogP contribution is -2.10. The van der Waals surface area contributed by atoms with Gasteiger partial charge in [-0.2, -0.15) is 0 Å². The highest BCUT2D eigenvalue weighted by molar-refractivity contribution is 9.10. The number of esters is 1. The van der Waals surface area contributed by atoms with Crippen LogP contribution in [0.5, 0.6) is 0 Å². The lowest BCUT2D eigenvalue weighted by Gasteiger charge is -2.14. The zero-order chi connectivity index (χ0) is 15.9. The van der Waals surface area contributed by atoms with Crippen molar-refractivity contribution in [1.82, 2.24) is 0 Å². The Labute approximate surface area is 139 Å². The maximum atomic E-state index is 12.0. The Hall–Kier alpha value is -1.65. The molecule has 2 aromatic carbocycles. The summed E-state index contributed by atoms with van der Waals surface area (Å²) >= 11 is 3.43. The molecule has 0 heterocycles. The molecule has 0 saturated heterocycles. The van der Waals surface area contributed by atoms with E-state index in [1.807, 2.05) is 43.3 Å². The third-order valence-corrected chi connectivity index (χ3v) is 3.96. The molecular weight excluding hydrogens is 344 g/mol. The molecule has 0 unspecified atom stereocenters. The van der Waals surface area contributed by atoms with Crippen molar-refractivity contribution in [3.8, 4) is 0 Å². The summed E-state index contributed by atoms with van der Waals surface area (Å²) in [4.78, 5) is 12.0. The van der Waals surface area contributed by atoms with Crippen LogP contribution in [-0.4, -0.2) is 19.7 Å². The second kappa shape index (κ2) is 8.11. The summed E-state index contributed by atoms with van der Waals surface area (Å²) in [5, 5.41) is 0. The molecule has 0 amide bonds. The van der Waals surface area contributed by atoms with E-state index in [1.54, 1.807) is 6.07 Å². The maximum Gasteiger partial charge on any atom is 0.338 e. The second-order valence-electron chi connectivity index (χ2n) is 4.88. The first-order valence-corrected chi connectivity index (χ1v) is 7.96. The van der Waals surface area contributed by atoms with Crippen molar-refractivity contribution in [3.63, 3.8) is 0 Å². The van der Waals surface area contributed by atoms with Crippen molar-refractivity contribution in [2.75, 3.05) is 13.7 Å². The van der Waals surface area contributed by atoms with Crippen LogP contribution in [0.2, 0.25) is 0 Å². The number of halogens is 1. The van der Waals surface area contributed by atoms with Crippen LogP contribution in [0.3, 0.4) is 0 Å². The molecule has 0 aliphatic heterocycles. The van der Waals surface area contributed by atoms with Crippen LogP contribution in [0.4, 0.5) is 0 Å². The molecule has 0 spiro atoms. The number of hydrogen-bond donors (Lipinski definition) is 0. The molecule has 0 radical (unpaired) electrons. The lowest BCUT2D eigenvalue weighted by atomic mass is 9.95. The van der Waals surface area contributed by atoms with Crippen LogP contribution in [0, 0.1) is 0 Å². The molecule has 0 aliphatic carbocycles. The molecule has 0 fully saturated rings. The van der Waals surface area contributed by atoms with Crippen molar-refractivity contribution in [2.45, 2.75) is 20.0 Å². The van der Waals surface area contributed by atoms with Crippen LogP contribution < -0.4 is 0 Å². The minimum absolute atomic E-state index is 0.314. The summed E-state index contributed by atoms with van der Waals surface area (Å²) in [6.45, 7) is 3.09. The van der Waals surface area contributed by atoms with Gasteiger partial charge >= 0.3 is 5.97 Å². The van der Waals surface area contributed by atoms with E-state index in [0.717, 1.165) is 21.2 Å². The fourth-order valence-corrected chi connectivity index (χ4v) is 2.56. The Bertz CT molecular complexity index is 635. The van der Waals surface area contributed by atoms with Crippen molar-refractivity contribution < 1.29 is 14.3 Å². The SMILES string of the molecule is CCOCc1cccc(C(=O)OC)c1Cc1ccc(Br)cc1. The minimum Gasteiger partial charge on any atom is -0.465 e. The molecule has 22 heavy (non-hydrogen) atoms. The average molecular weight is 363 g/mol. The van der Waals surface area contributed by atoms with Gasteiger partial charge in [0.15, 0.2) is 0 Å². The predicted molar refractivity (Wildman–Crippen MR) is 90.1 cm³/mol. The number of carbonyl (C=O) groups excluding carboxylic acids is 1. The summed E-state index contributed by atoms with van der Waals surface area (Å²) in [7, 11) is 1.40. The molecule has 0 aromatic heterocycles. The van der Waals surface area contributed by atoms with Gasteiger partial charge in [-0.25, -0.2) is 4.79 Å². The van der Waals surface area contributed by atoms with Gasteiger partial charge in [-0.15, -0.1) is 0 Å². The largest absolute Gasteiger partial charge is 0.465 e. The van der Waals surface area contributed by atoms with E-state index in [2.05, 4.69) is 15.9 Å². The highest BCUT2D eigenvalue weighted by Crippen LogP contribution is 2.22. The first-order chi connectivity index (χ1) is 10.7. The van der Waals surface area contributed by atoms with Gasteiger partial charge in [0, 0.05) is 11.1 Å². The zero-order valence-corrected chi connectivity index (χ0v) is 14.4. The monoisotopic (exact) mass is 362 g/mol. The van der Waals surface area contributed by atoms with Gasteiger partial charge < -0.3 is 9.47 Å². The normalized spacial score (nSPS) is 10.5. The molecule has 2 aromatic rings. The number of benzene rings is 2. The molecule has 0 N–H and O–H groups in total. The first kappa shape index (κ1) is 16.7. The summed E-state index contributed by atoms with van der Waals surface area (Å²) in [5.41, 5.74) is 3.72. The lowest BCUT2D eigenvalue weighted by molar-refractivity contribution is 0.0599. The third kappa shape index (κ3) is 4.18. The van der Waals surface area contributed by atoms with Crippen molar-refractivity contribution >= 4 is 21.9 Å². The highest BCUT2D eigenvalue weighted by atomic mass is 79.9. The number of carbonyl (C=O) groups is 1. The fourth-order valence-electron chi connectivity index (χ4n) is 2.30. The predicted octanol–water partition coefficient (Wildman–Crippen LogP) is 4.36. The Morgan fingerprint density at radius 1 is 1.14 bits per heavy atom. The molecule has 4 heteroatoms. The molecule has 0 bridgehead atoms. The van der Waals surface area contributed by atoms with E-state index in [4.69, 9.17) is 9.47 Å². The van der Waals surface area contributed by atoms with E-state index in [1.165, 1.54) is 7.11 Å². The van der Waals surface area contributed by atoms with E-state index >= 15 is 0 Å². The highest BCUT2D eigenvalue weighted by Gasteiger charge is 2.15. The topological polar surface area (TPSA) is 35.5 Å². The standard InChI is InChI=1S/C18H19BrO3/c1-3-22-12-14-5-4-6-16(18(20)21-2)17(14)11-13-7-9-15(19)10-8-13/h4-10H,3,11-12H2,1-2H3. The van der Waals surface area contributed by atoms with Crippen LogP contribution in [-0.2, 0) is 22.5 Å². The van der Waals surface area contributed by atoms with Crippen LogP contribution >= 0.6 is 15.9 Å². The Morgan fingerprint density at radius 2 is 1.86 bits per heavy atom. The van der Waals surface area contributed by atoms with Gasteiger partial charge in [0.25, 0.3) is 0 Å². The zero-order valence-electron chi connectivity index (χ0n) is 12.8. The second-order valence-corrected chi connectivity index (χ2v) is 5.79. The van der Waals surface area contributed by atoms with Crippen LogP contribution in [0.25, 0.3) is 0 Å². The number of hydrogen-bond acceptors (Lipinski definition) is 3. The number of ether oxygens (including phenoxy) is 2. The molecule has 0 atom stereocenters. The molecular formula is C18H19BrO3. The van der Waals surface area contributed by atoms with Crippen molar-refractivity contribution in [3.05, 3.63) is 69.2 Å². The number of rotatable bonds is 6. The smallest absolute Gasteiger partial charge is 0.338 e. The summed E-state index contributed by atoms with van der Waals surface area (Å²) in [6, 6.07) is 13.7. The van der Waals surface area contributed by atoms with Gasteiger partial charge in [0.2, 0.25) is 0 Å². The van der Waals surface area contributed by atoms with Crippen LogP contribution in [0.15, 0.2) is 46.9 Å². The van der Waals surface area contributed by atoms with E-state index in [-0.39, 0.29) is 5.97 Å². The van der Waals surface area contributed by atoms with E-state index in [9.17, 15) is 4.79 Å². The van der Waals surface area contributed by atoms with Gasteiger partial charge in [0.05, 0.1) is 19.3 Å². The van der Waals surface area contributed by atoms with Gasteiger partial charge in [0.1, 0.15) is 0 Å². The number of methoxy groups -OCH3 is 1. The van der Waals surface area contributed by atoms with Gasteiger partial charge in [-0.3, -0.25) is 0 Å². The summed E-state index contributed by atoms with van der Waals surface area (Å²) < 4.78 is 11.5. The minimum atomic E-state index is -0.314. The quantitative estimate of drug-likeness (QED) is 0.716. The molecule has 2 rings (SSSR count). The van der Waals surface area contributed by atoms with E-state index < -0.39 is 0 Å². The van der Waals surface area contributed by atoms with Gasteiger partial charge in [-0.1, -0.05) is 40.2 Å². The van der Waals surface area contributed by atoms with E-state index in [0.29, 0.717) is 25.2 Å². The first-order valence-electron chi connectivity index (χ1n) is 7.17. The molecule has 0 aliphatic rings. The van der Waals surface area contributed by atoms with Gasteiger partial charge in [-0.05, 0) is 48.2 Å². The Kier molecular flexibility index (Phi) is 6.16. The van der Waals surface area contributed by atoms with Crippen molar-refractivity contribution in [2.24, 2.45) is 0 Å². The third-order valence-electron chi connectivity index (χ3n) is 3.43. The fraction of sp³-hybridized carbons (Fsp3) is 0.278. The molecule has 0 saturated carbocycles. The summed E-state index contributed by atoms with van der Waals surface area (Å²) in [5.74, 6) is -0.314. The molecule has 116 valence electrons. The van der Waals surface area contributed by atoms with Crippen LogP contribution in [0.1, 0.15) is 34.0 Å². The summed E-state index contributed by atoms with van der Waals surface area (Å²) in [6.07, 6.45) is 0.668. The Balaban J connectivity index is 2.39.